The van der Waals surface area contributed by atoms with Crippen molar-refractivity contribution in [3.05, 3.63) is 11.9 Å². The normalized spacial score (nSPS) is 23.9. The monoisotopic (exact) mass is 260 g/mol. The first-order valence-corrected chi connectivity index (χ1v) is 5.77. The van der Waals surface area contributed by atoms with Gasteiger partial charge in [-0.1, -0.05) is 5.21 Å². The summed E-state index contributed by atoms with van der Waals surface area (Å²) in [6.45, 7) is 0.239. The Bertz CT molecular complexity index is 480. The van der Waals surface area contributed by atoms with Crippen molar-refractivity contribution in [1.82, 2.24) is 25.5 Å². The number of hydrogen-bond acceptors (Lipinski definition) is 6. The number of carboxylic acid groups (broad SMARTS) is 1. The Kier molecular flexibility index (Phi) is 4.33. The van der Waals surface area contributed by atoms with Gasteiger partial charge >= 0.3 is 5.97 Å². The molecule has 1 aromatic rings. The topological polar surface area (TPSA) is 109 Å². The van der Waals surface area contributed by atoms with E-state index in [1.165, 1.54) is 12.0 Å². The lowest BCUT2D eigenvalue weighted by Gasteiger charge is -2.19. The number of nitrogens with one attached hydrogen (secondary N) is 2. The van der Waals surface area contributed by atoms with Crippen molar-refractivity contribution in [3.8, 4) is 0 Å². The maximum Gasteiger partial charge on any atom is 0.321 e. The van der Waals surface area contributed by atoms with Crippen LogP contribution in [0.15, 0.2) is 6.20 Å². The number of carbonyl (C=O) groups is 2. The van der Waals surface area contributed by atoms with Gasteiger partial charge in [0.2, 0.25) is 0 Å². The predicted octanol–water partition coefficient (Wildman–Crippen LogP) is -2.89. The summed E-state index contributed by atoms with van der Waals surface area (Å²) in [5.41, 5.74) is 0.560. The first kappa shape index (κ1) is 13.8. The van der Waals surface area contributed by atoms with Gasteiger partial charge in [-0.05, 0) is 0 Å². The largest absolute Gasteiger partial charge is 0.480 e. The Morgan fingerprint density at radius 1 is 1.68 bits per heavy atom. The molecule has 1 aromatic heterocycles. The third-order valence-corrected chi connectivity index (χ3v) is 2.88. The van der Waals surface area contributed by atoms with Gasteiger partial charge in [0, 0.05) is 20.4 Å². The quantitative estimate of drug-likeness (QED) is 0.500. The summed E-state index contributed by atoms with van der Waals surface area (Å²) >= 11 is 0. The maximum absolute atomic E-state index is 12.0. The number of nitrogens with zero attached hydrogens (tertiary/aromatic N) is 3. The molecule has 1 aliphatic heterocycles. The molecule has 2 heterocycles. The molecule has 1 aliphatic rings. The van der Waals surface area contributed by atoms with E-state index in [4.69, 9.17) is 12.8 Å². The van der Waals surface area contributed by atoms with Crippen LogP contribution in [0.3, 0.4) is 0 Å². The Morgan fingerprint density at radius 3 is 3.16 bits per heavy atom. The van der Waals surface area contributed by atoms with E-state index >= 15 is 0 Å². The average molecular weight is 260 g/mol. The van der Waals surface area contributed by atoms with Crippen LogP contribution in [0.2, 0.25) is 0 Å². The summed E-state index contributed by atoms with van der Waals surface area (Å²) in [6.07, 6.45) is 1.81. The van der Waals surface area contributed by atoms with Gasteiger partial charge in [-0.3, -0.25) is 19.6 Å². The van der Waals surface area contributed by atoms with Crippen LogP contribution >= 0.6 is 0 Å². The van der Waals surface area contributed by atoms with Crippen molar-refractivity contribution < 1.29 is 14.7 Å². The molecule has 0 aliphatic carbocycles. The summed E-state index contributed by atoms with van der Waals surface area (Å²) in [6, 6.07) is -1.44. The summed E-state index contributed by atoms with van der Waals surface area (Å²) in [4.78, 5) is 23.0. The van der Waals surface area contributed by atoms with Crippen LogP contribution < -0.4 is 10.5 Å². The van der Waals surface area contributed by atoms with Gasteiger partial charge in [0.05, 0.1) is 24.8 Å². The zero-order valence-corrected chi connectivity index (χ0v) is 10.1. The molecular weight excluding hydrogens is 248 g/mol. The van der Waals surface area contributed by atoms with Crippen molar-refractivity contribution >= 4 is 26.8 Å². The molecule has 2 unspecified atom stereocenters. The van der Waals surface area contributed by atoms with Gasteiger partial charge in [-0.15, -0.1) is 5.10 Å². The van der Waals surface area contributed by atoms with Crippen LogP contribution in [0.5, 0.6) is 0 Å². The molecule has 2 rings (SSSR count). The Labute approximate surface area is 111 Å². The van der Waals surface area contributed by atoms with Gasteiger partial charge < -0.3 is 10.3 Å². The number of ketones is 1. The highest BCUT2D eigenvalue weighted by atomic mass is 16.4. The molecule has 10 heteroatoms. The van der Waals surface area contributed by atoms with Crippen molar-refractivity contribution in [3.63, 3.8) is 0 Å². The summed E-state index contributed by atoms with van der Waals surface area (Å²) in [5.74, 6) is -1.22. The molecule has 97 valence electrons. The summed E-state index contributed by atoms with van der Waals surface area (Å²) in [5, 5.41) is 22.2. The second-order valence-corrected chi connectivity index (χ2v) is 4.26. The van der Waals surface area contributed by atoms with Crippen molar-refractivity contribution in [2.45, 2.75) is 25.0 Å². The van der Waals surface area contributed by atoms with E-state index in [0.29, 0.717) is 12.2 Å². The predicted molar refractivity (Wildman–Crippen MR) is 66.6 cm³/mol. The van der Waals surface area contributed by atoms with Crippen LogP contribution in [0.4, 0.5) is 0 Å². The third-order valence-electron chi connectivity index (χ3n) is 2.88. The number of fused-ring (bicyclic) bond motifs is 2. The summed E-state index contributed by atoms with van der Waals surface area (Å²) in [7, 11) is 6.44. The highest BCUT2D eigenvalue weighted by Crippen LogP contribution is 2.03. The van der Waals surface area contributed by atoms with Crippen LogP contribution in [0.25, 0.3) is 0 Å². The molecule has 2 bridgehead atoms. The Morgan fingerprint density at radius 2 is 2.47 bits per heavy atom. The van der Waals surface area contributed by atoms with Crippen LogP contribution in [-0.4, -0.2) is 65.5 Å². The molecule has 0 aromatic carbocycles. The molecule has 3 N–H and O–H groups in total. The molecule has 0 saturated carbocycles. The highest BCUT2D eigenvalue weighted by molar-refractivity contribution is 6.87. The minimum atomic E-state index is -1.03. The second kappa shape index (κ2) is 5.98. The van der Waals surface area contributed by atoms with Crippen molar-refractivity contribution in [2.75, 3.05) is 6.54 Å². The Balaban J connectivity index is 2.22. The third kappa shape index (κ3) is 3.42. The maximum atomic E-state index is 12.0. The number of aromatic nitrogens is 3. The Hall–Kier alpha value is -1.67. The minimum Gasteiger partial charge on any atom is -0.480 e. The van der Waals surface area contributed by atoms with Gasteiger partial charge in [-0.2, -0.15) is 0 Å². The van der Waals surface area contributed by atoms with Gasteiger partial charge in [0.1, 0.15) is 13.3 Å². The molecule has 3 radical (unpaired) electrons. The molecule has 2 atom stereocenters. The van der Waals surface area contributed by atoms with E-state index in [9.17, 15) is 9.59 Å². The minimum absolute atomic E-state index is 0.0520. The van der Waals surface area contributed by atoms with E-state index in [0.717, 1.165) is 0 Å². The zero-order valence-electron chi connectivity index (χ0n) is 10.1. The van der Waals surface area contributed by atoms with Crippen LogP contribution in [0.1, 0.15) is 5.69 Å². The van der Waals surface area contributed by atoms with E-state index in [1.807, 2.05) is 0 Å². The van der Waals surface area contributed by atoms with Gasteiger partial charge in [-0.25, -0.2) is 0 Å². The molecule has 8 nitrogen and oxygen atoms in total. The lowest BCUT2D eigenvalue weighted by Crippen LogP contribution is -2.49. The lowest BCUT2D eigenvalue weighted by molar-refractivity contribution is -0.139. The molecule has 19 heavy (non-hydrogen) atoms. The SMILES string of the molecule is [B][B]NC1Cn2cc(nn2)CC(C(=O)O)NCC1=O. The smallest absolute Gasteiger partial charge is 0.321 e. The van der Waals surface area contributed by atoms with Gasteiger partial charge in [0.15, 0.2) is 5.78 Å². The fourth-order valence-corrected chi connectivity index (χ4v) is 1.87. The second-order valence-electron chi connectivity index (χ2n) is 4.26. The highest BCUT2D eigenvalue weighted by Gasteiger charge is 2.25. The van der Waals surface area contributed by atoms with Crippen molar-refractivity contribution in [1.29, 1.82) is 0 Å². The molecular formula is C9H12B2N5O3. The van der Waals surface area contributed by atoms with Crippen molar-refractivity contribution in [2.24, 2.45) is 0 Å². The molecule has 0 fully saturated rings. The van der Waals surface area contributed by atoms with E-state index in [1.54, 1.807) is 6.20 Å². The molecule has 0 saturated heterocycles. The van der Waals surface area contributed by atoms with E-state index in [2.05, 4.69) is 20.9 Å². The number of aliphatic carboxylic acids is 1. The number of carbonyl (C=O) groups excluding carboxylic acids is 1. The lowest BCUT2D eigenvalue weighted by atomic mass is 9.66. The number of rotatable bonds is 3. The number of Topliss-reactive ketones (excluding diaryl/α,β-unsaturated/α-hetero) is 1. The first-order valence-electron chi connectivity index (χ1n) is 5.77. The van der Waals surface area contributed by atoms with E-state index in [-0.39, 0.29) is 18.7 Å². The molecule has 0 amide bonds. The standard InChI is InChI=1S/C9H12B2N5O3/c10-11-13-7-4-16-3-5(14-15-16)1-6(9(18)19)12-2-8(7)17/h3,6-7,12-13H,1-2,4H2,(H,18,19). The number of hydrogen-bond donors (Lipinski definition) is 3. The first-order chi connectivity index (χ1) is 9.10. The fraction of sp³-hybridized carbons (Fsp3) is 0.556. The zero-order chi connectivity index (χ0) is 13.8. The summed E-state index contributed by atoms with van der Waals surface area (Å²) < 4.78 is 1.50. The van der Waals surface area contributed by atoms with E-state index < -0.39 is 18.1 Å². The molecule has 0 spiro atoms. The van der Waals surface area contributed by atoms with Crippen LogP contribution in [-0.2, 0) is 22.6 Å². The average Bonchev–Trinajstić information content (AvgIpc) is 2.79. The number of carboxylic acids is 1. The van der Waals surface area contributed by atoms with Gasteiger partial charge in [0.25, 0.3) is 0 Å². The fourth-order valence-electron chi connectivity index (χ4n) is 1.87. The van der Waals surface area contributed by atoms with Crippen LogP contribution in [0, 0.1) is 0 Å².